The maximum Gasteiger partial charge on any atom is 0.188 e. The predicted octanol–water partition coefficient (Wildman–Crippen LogP) is 5.33. The highest BCUT2D eigenvalue weighted by molar-refractivity contribution is 7.25. The highest BCUT2D eigenvalue weighted by Gasteiger charge is 2.14. The second-order valence-electron chi connectivity index (χ2n) is 5.13. The van der Waals surface area contributed by atoms with Crippen LogP contribution < -0.4 is 0 Å². The van der Waals surface area contributed by atoms with Crippen molar-refractivity contribution in [3.8, 4) is 11.3 Å². The zero-order valence-corrected chi connectivity index (χ0v) is 12.1. The Morgan fingerprint density at radius 2 is 1.85 bits per heavy atom. The number of aryl methyl sites for hydroxylation is 2. The molecule has 0 spiro atoms. The van der Waals surface area contributed by atoms with Crippen molar-refractivity contribution in [2.75, 3.05) is 0 Å². The first kappa shape index (κ1) is 11.7. The van der Waals surface area contributed by atoms with Crippen LogP contribution in [0.2, 0.25) is 0 Å². The smallest absolute Gasteiger partial charge is 0.188 e. The number of thiophene rings is 1. The van der Waals surface area contributed by atoms with Crippen molar-refractivity contribution < 1.29 is 4.42 Å². The number of fused-ring (bicyclic) bond motifs is 3. The van der Waals surface area contributed by atoms with Gasteiger partial charge in [0.2, 0.25) is 0 Å². The Labute approximate surface area is 120 Å². The topological polar surface area (TPSA) is 26.0 Å². The number of benzene rings is 1. The van der Waals surface area contributed by atoms with Crippen LogP contribution in [0.5, 0.6) is 0 Å². The molecule has 0 N–H and O–H groups in total. The van der Waals surface area contributed by atoms with Crippen molar-refractivity contribution in [1.29, 1.82) is 0 Å². The Morgan fingerprint density at radius 3 is 2.65 bits per heavy atom. The fraction of sp³-hybridized carbons (Fsp3) is 0.118. The van der Waals surface area contributed by atoms with E-state index in [0.717, 1.165) is 16.0 Å². The molecule has 0 fully saturated rings. The summed E-state index contributed by atoms with van der Waals surface area (Å²) < 4.78 is 6.76. The molecule has 98 valence electrons. The van der Waals surface area contributed by atoms with Gasteiger partial charge in [-0.25, -0.2) is 0 Å². The summed E-state index contributed by atoms with van der Waals surface area (Å²) in [7, 11) is 0. The molecule has 0 atom stereocenters. The summed E-state index contributed by atoms with van der Waals surface area (Å²) in [6, 6.07) is 10.7. The normalized spacial score (nSPS) is 11.5. The molecule has 0 aliphatic heterocycles. The minimum Gasteiger partial charge on any atom is -0.454 e. The first-order chi connectivity index (χ1) is 9.72. The number of pyridine rings is 1. The Kier molecular flexibility index (Phi) is 2.44. The summed E-state index contributed by atoms with van der Waals surface area (Å²) in [4.78, 5) is 5.60. The lowest BCUT2D eigenvalue weighted by Crippen LogP contribution is -1.86. The number of furan rings is 1. The third-order valence-electron chi connectivity index (χ3n) is 3.51. The predicted molar refractivity (Wildman–Crippen MR) is 84.3 cm³/mol. The molecule has 3 aromatic heterocycles. The van der Waals surface area contributed by atoms with Gasteiger partial charge < -0.3 is 4.42 Å². The molecule has 4 aromatic rings. The monoisotopic (exact) mass is 279 g/mol. The molecule has 3 heterocycles. The Morgan fingerprint density at radius 1 is 1.05 bits per heavy atom. The largest absolute Gasteiger partial charge is 0.454 e. The standard InChI is InChI=1S/C17H13NOS/c1-10-7-11(2)9-12(8-10)16-15-13-4-6-19-17(13)20-14(15)3-5-18-16/h3-9H,1-2H3. The van der Waals surface area contributed by atoms with E-state index in [1.165, 1.54) is 26.8 Å². The van der Waals surface area contributed by atoms with Gasteiger partial charge in [0.25, 0.3) is 0 Å². The fourth-order valence-electron chi connectivity index (χ4n) is 2.78. The van der Waals surface area contributed by atoms with Gasteiger partial charge in [0.1, 0.15) is 0 Å². The van der Waals surface area contributed by atoms with E-state index in [4.69, 9.17) is 4.42 Å². The third-order valence-corrected chi connectivity index (χ3v) is 4.57. The molecular weight excluding hydrogens is 266 g/mol. The second kappa shape index (κ2) is 4.18. The van der Waals surface area contributed by atoms with Gasteiger partial charge >= 0.3 is 0 Å². The molecule has 0 radical (unpaired) electrons. The van der Waals surface area contributed by atoms with Gasteiger partial charge in [-0.15, -0.1) is 0 Å². The molecule has 0 unspecified atom stereocenters. The first-order valence-corrected chi connectivity index (χ1v) is 7.37. The van der Waals surface area contributed by atoms with Crippen LogP contribution in [0.4, 0.5) is 0 Å². The van der Waals surface area contributed by atoms with Gasteiger partial charge in [0, 0.05) is 27.2 Å². The molecule has 0 aliphatic carbocycles. The molecule has 0 bridgehead atoms. The van der Waals surface area contributed by atoms with Gasteiger partial charge in [-0.05, 0) is 38.1 Å². The van der Waals surface area contributed by atoms with Crippen molar-refractivity contribution in [3.63, 3.8) is 0 Å². The van der Waals surface area contributed by atoms with E-state index in [1.54, 1.807) is 17.6 Å². The van der Waals surface area contributed by atoms with Gasteiger partial charge in [0.15, 0.2) is 4.90 Å². The van der Waals surface area contributed by atoms with Gasteiger partial charge in [-0.2, -0.15) is 0 Å². The third kappa shape index (κ3) is 1.67. The number of hydrogen-bond donors (Lipinski definition) is 0. The van der Waals surface area contributed by atoms with Gasteiger partial charge in [-0.1, -0.05) is 28.5 Å². The van der Waals surface area contributed by atoms with Crippen LogP contribution in [0.25, 0.3) is 31.6 Å². The quantitative estimate of drug-likeness (QED) is 0.471. The van der Waals surface area contributed by atoms with Gasteiger partial charge in [0.05, 0.1) is 12.0 Å². The van der Waals surface area contributed by atoms with Gasteiger partial charge in [-0.3, -0.25) is 4.98 Å². The molecule has 0 amide bonds. The average Bonchev–Trinajstić information content (AvgIpc) is 2.96. The van der Waals surface area contributed by atoms with E-state index < -0.39 is 0 Å². The minimum absolute atomic E-state index is 0.971. The highest BCUT2D eigenvalue weighted by atomic mass is 32.1. The molecule has 4 rings (SSSR count). The fourth-order valence-corrected chi connectivity index (χ4v) is 3.80. The van der Waals surface area contributed by atoms with Crippen LogP contribution in [0.1, 0.15) is 11.1 Å². The Bertz CT molecular complexity index is 912. The van der Waals surface area contributed by atoms with Crippen LogP contribution in [-0.4, -0.2) is 4.98 Å². The molecule has 20 heavy (non-hydrogen) atoms. The van der Waals surface area contributed by atoms with Crippen molar-refractivity contribution in [2.24, 2.45) is 0 Å². The average molecular weight is 279 g/mol. The molecule has 1 aromatic carbocycles. The lowest BCUT2D eigenvalue weighted by Gasteiger charge is -2.06. The summed E-state index contributed by atoms with van der Waals surface area (Å²) >= 11 is 1.68. The summed E-state index contributed by atoms with van der Waals surface area (Å²) in [5.41, 5.74) is 4.74. The Hall–Kier alpha value is -2.13. The molecule has 0 saturated carbocycles. The second-order valence-corrected chi connectivity index (χ2v) is 6.15. The van der Waals surface area contributed by atoms with Crippen LogP contribution in [0.15, 0.2) is 47.2 Å². The Balaban J connectivity index is 2.12. The number of aromatic nitrogens is 1. The number of nitrogens with zero attached hydrogens (tertiary/aromatic N) is 1. The first-order valence-electron chi connectivity index (χ1n) is 6.56. The van der Waals surface area contributed by atoms with Crippen LogP contribution in [-0.2, 0) is 0 Å². The maximum absolute atomic E-state index is 5.53. The molecule has 0 saturated heterocycles. The summed E-state index contributed by atoms with van der Waals surface area (Å²) in [5, 5.41) is 2.36. The van der Waals surface area contributed by atoms with E-state index in [-0.39, 0.29) is 0 Å². The van der Waals surface area contributed by atoms with E-state index in [9.17, 15) is 0 Å². The molecular formula is C17H13NOS. The van der Waals surface area contributed by atoms with E-state index in [2.05, 4.69) is 43.1 Å². The summed E-state index contributed by atoms with van der Waals surface area (Å²) in [6.07, 6.45) is 3.63. The molecule has 3 heteroatoms. The lowest BCUT2D eigenvalue weighted by molar-refractivity contribution is 0.624. The van der Waals surface area contributed by atoms with Crippen molar-refractivity contribution in [3.05, 3.63) is 53.9 Å². The van der Waals surface area contributed by atoms with Crippen LogP contribution >= 0.6 is 11.3 Å². The summed E-state index contributed by atoms with van der Waals surface area (Å²) in [5.74, 6) is 0. The number of hydrogen-bond acceptors (Lipinski definition) is 3. The van der Waals surface area contributed by atoms with Crippen molar-refractivity contribution in [1.82, 2.24) is 4.98 Å². The number of rotatable bonds is 1. The highest BCUT2D eigenvalue weighted by Crippen LogP contribution is 2.39. The van der Waals surface area contributed by atoms with Crippen molar-refractivity contribution >= 4 is 31.7 Å². The maximum atomic E-state index is 5.53. The van der Waals surface area contributed by atoms with E-state index in [1.807, 2.05) is 12.3 Å². The summed E-state index contributed by atoms with van der Waals surface area (Å²) in [6.45, 7) is 4.25. The lowest BCUT2D eigenvalue weighted by atomic mass is 10.0. The van der Waals surface area contributed by atoms with Crippen LogP contribution in [0, 0.1) is 13.8 Å². The van der Waals surface area contributed by atoms with Crippen LogP contribution in [0.3, 0.4) is 0 Å². The zero-order chi connectivity index (χ0) is 13.7. The van der Waals surface area contributed by atoms with E-state index >= 15 is 0 Å². The molecule has 0 aliphatic rings. The molecule has 2 nitrogen and oxygen atoms in total. The minimum atomic E-state index is 0.971. The van der Waals surface area contributed by atoms with E-state index in [0.29, 0.717) is 0 Å². The SMILES string of the molecule is Cc1cc(C)cc(-c2nccc3sc4occc4c23)c1. The zero-order valence-electron chi connectivity index (χ0n) is 11.3. The van der Waals surface area contributed by atoms with Crippen molar-refractivity contribution in [2.45, 2.75) is 13.8 Å².